The van der Waals surface area contributed by atoms with Gasteiger partial charge in [0.1, 0.15) is 17.1 Å². The lowest BCUT2D eigenvalue weighted by molar-refractivity contribution is -0.226. The number of rotatable bonds is 13. The molecule has 2 fully saturated rings. The Kier molecular flexibility index (Phi) is 11.3. The van der Waals surface area contributed by atoms with Crippen molar-refractivity contribution in [3.8, 4) is 11.5 Å². The van der Waals surface area contributed by atoms with Gasteiger partial charge in [0.15, 0.2) is 26.2 Å². The number of hydrogen-bond donors (Lipinski definition) is 2. The van der Waals surface area contributed by atoms with Gasteiger partial charge in [-0.2, -0.15) is 0 Å². The molecule has 0 aromatic heterocycles. The maximum absolute atomic E-state index is 13.4. The lowest BCUT2D eigenvalue weighted by Gasteiger charge is -2.37. The molecule has 0 saturated carbocycles. The molecule has 2 heterocycles. The highest BCUT2D eigenvalue weighted by molar-refractivity contribution is 5.58. The summed E-state index contributed by atoms with van der Waals surface area (Å²) in [6.07, 6.45) is -0.888. The van der Waals surface area contributed by atoms with E-state index in [1.807, 2.05) is 48.5 Å². The van der Waals surface area contributed by atoms with Gasteiger partial charge in [-0.15, -0.1) is 0 Å². The Morgan fingerprint density at radius 2 is 1.17 bits per heavy atom. The first-order valence-electron chi connectivity index (χ1n) is 15.9. The van der Waals surface area contributed by atoms with Crippen LogP contribution in [0.4, 0.5) is 0 Å². The monoisotopic (exact) mass is 652 g/mol. The number of hydrogen-bond acceptors (Lipinski definition) is 10. The van der Waals surface area contributed by atoms with Crippen molar-refractivity contribution in [3.05, 3.63) is 94.0 Å². The average molecular weight is 653 g/mol. The minimum absolute atomic E-state index is 0.0450. The molecule has 2 aliphatic rings. The Balaban J connectivity index is 1.73. The van der Waals surface area contributed by atoms with Crippen LogP contribution < -0.4 is 9.47 Å². The van der Waals surface area contributed by atoms with Crippen LogP contribution in [0.25, 0.3) is 0 Å². The summed E-state index contributed by atoms with van der Waals surface area (Å²) < 4.78 is 47.4. The fraction of sp³-hybridized carbons (Fsp3) is 0.514. The lowest BCUT2D eigenvalue weighted by atomic mass is 9.77. The molecule has 5 rings (SSSR count). The molecule has 0 bridgehead atoms. The van der Waals surface area contributed by atoms with Crippen LogP contribution in [0.3, 0.4) is 0 Å². The summed E-state index contributed by atoms with van der Waals surface area (Å²) in [6.45, 7) is 10.2. The minimum Gasteiger partial charge on any atom is -0.467 e. The molecule has 2 N–H and O–H groups in total. The number of aliphatic hydroxyl groups excluding tert-OH is 1. The summed E-state index contributed by atoms with van der Waals surface area (Å²) in [6, 6.07) is 18.5. The van der Waals surface area contributed by atoms with Gasteiger partial charge in [-0.3, -0.25) is 0 Å². The quantitative estimate of drug-likeness (QED) is 0.178. The van der Waals surface area contributed by atoms with Gasteiger partial charge in [0.2, 0.25) is 0 Å². The van der Waals surface area contributed by atoms with Gasteiger partial charge in [0.05, 0.1) is 26.4 Å². The van der Waals surface area contributed by atoms with Crippen molar-refractivity contribution < 1.29 is 48.1 Å². The predicted octanol–water partition coefficient (Wildman–Crippen LogP) is 5.61. The van der Waals surface area contributed by atoms with Gasteiger partial charge in [-0.05, 0) is 41.8 Å². The maximum atomic E-state index is 13.4. The van der Waals surface area contributed by atoms with Gasteiger partial charge in [0, 0.05) is 53.9 Å². The molecule has 3 aromatic rings. The van der Waals surface area contributed by atoms with E-state index in [2.05, 4.69) is 27.7 Å². The second-order valence-corrected chi connectivity index (χ2v) is 13.7. The van der Waals surface area contributed by atoms with Crippen LogP contribution in [0.1, 0.15) is 73.7 Å². The standard InChI is InChI=1S/C37H48O10/c1-35(2)19-42-33(43-20-35)26-10-12-31(46-23-40-5)29(17-26)37(39,28-9-7-8-25(16-28)14-15-38)30-18-27(11-13-32(30)47-24-41-6)34-44-21-36(3,4)22-45-34/h7-13,16-18,33-34,38-39H,14-15,19-24H2,1-6H3. The summed E-state index contributed by atoms with van der Waals surface area (Å²) in [5.74, 6) is 0.772. The SMILES string of the molecule is COCOc1ccc(C2OCC(C)(C)CO2)cc1C(O)(c1cccc(CCO)c1)c1cc(C2OCC(C)(C)CO2)ccc1OCOC. The van der Waals surface area contributed by atoms with Gasteiger partial charge in [-0.25, -0.2) is 0 Å². The molecule has 10 nitrogen and oxygen atoms in total. The van der Waals surface area contributed by atoms with Crippen LogP contribution in [0.2, 0.25) is 0 Å². The third kappa shape index (κ3) is 8.16. The lowest BCUT2D eigenvalue weighted by Crippen LogP contribution is -2.35. The normalized spacial score (nSPS) is 18.6. The van der Waals surface area contributed by atoms with E-state index in [1.54, 1.807) is 12.1 Å². The fourth-order valence-corrected chi connectivity index (χ4v) is 5.76. The summed E-state index contributed by atoms with van der Waals surface area (Å²) in [4.78, 5) is 0. The molecule has 0 spiro atoms. The Labute approximate surface area is 277 Å². The van der Waals surface area contributed by atoms with Crippen molar-refractivity contribution in [1.82, 2.24) is 0 Å². The summed E-state index contributed by atoms with van der Waals surface area (Å²) >= 11 is 0. The Morgan fingerprint density at radius 3 is 1.60 bits per heavy atom. The second kappa shape index (κ2) is 15.0. The third-order valence-electron chi connectivity index (χ3n) is 8.24. The predicted molar refractivity (Wildman–Crippen MR) is 174 cm³/mol. The van der Waals surface area contributed by atoms with E-state index in [9.17, 15) is 10.2 Å². The van der Waals surface area contributed by atoms with E-state index in [-0.39, 0.29) is 31.0 Å². The molecule has 256 valence electrons. The van der Waals surface area contributed by atoms with E-state index in [4.69, 9.17) is 37.9 Å². The first-order chi connectivity index (χ1) is 22.5. The molecular weight excluding hydrogens is 604 g/mol. The molecule has 47 heavy (non-hydrogen) atoms. The van der Waals surface area contributed by atoms with E-state index in [0.717, 1.165) is 5.56 Å². The highest BCUT2D eigenvalue weighted by atomic mass is 16.7. The Hall–Kier alpha value is -3.06. The average Bonchev–Trinajstić information content (AvgIpc) is 3.06. The summed E-state index contributed by atoms with van der Waals surface area (Å²) in [5, 5.41) is 23.2. The Morgan fingerprint density at radius 1 is 0.702 bits per heavy atom. The van der Waals surface area contributed by atoms with Crippen LogP contribution in [0.5, 0.6) is 11.5 Å². The first-order valence-corrected chi connectivity index (χ1v) is 15.9. The summed E-state index contributed by atoms with van der Waals surface area (Å²) in [7, 11) is 3.07. The zero-order valence-electron chi connectivity index (χ0n) is 28.2. The number of methoxy groups -OCH3 is 2. The van der Waals surface area contributed by atoms with Gasteiger partial charge in [0.25, 0.3) is 0 Å². The molecule has 0 radical (unpaired) electrons. The van der Waals surface area contributed by atoms with Gasteiger partial charge >= 0.3 is 0 Å². The molecule has 2 saturated heterocycles. The third-order valence-corrected chi connectivity index (χ3v) is 8.24. The smallest absolute Gasteiger partial charge is 0.188 e. The highest BCUT2D eigenvalue weighted by Gasteiger charge is 2.42. The van der Waals surface area contributed by atoms with Crippen LogP contribution in [-0.4, -0.2) is 71.1 Å². The molecule has 0 aliphatic carbocycles. The zero-order chi connectivity index (χ0) is 33.7. The van der Waals surface area contributed by atoms with Crippen molar-refractivity contribution in [2.24, 2.45) is 10.8 Å². The zero-order valence-corrected chi connectivity index (χ0v) is 28.2. The van der Waals surface area contributed by atoms with E-state index in [1.165, 1.54) is 14.2 Å². The number of ether oxygens (including phenoxy) is 8. The topological polar surface area (TPSA) is 114 Å². The molecule has 3 aromatic carbocycles. The maximum Gasteiger partial charge on any atom is 0.188 e. The molecular formula is C37H48O10. The minimum atomic E-state index is -1.87. The van der Waals surface area contributed by atoms with Gasteiger partial charge < -0.3 is 48.1 Å². The van der Waals surface area contributed by atoms with Crippen molar-refractivity contribution in [1.29, 1.82) is 0 Å². The van der Waals surface area contributed by atoms with E-state index < -0.39 is 18.2 Å². The first kappa shape index (κ1) is 35.3. The Bertz CT molecular complexity index is 1380. The van der Waals surface area contributed by atoms with Gasteiger partial charge in [-0.1, -0.05) is 64.1 Å². The van der Waals surface area contributed by atoms with Crippen molar-refractivity contribution in [2.45, 2.75) is 52.3 Å². The van der Waals surface area contributed by atoms with E-state index in [0.29, 0.717) is 72.2 Å². The summed E-state index contributed by atoms with van der Waals surface area (Å²) in [5.41, 5.74) is 1.50. The molecule has 2 aliphatic heterocycles. The molecule has 0 atom stereocenters. The molecule has 0 unspecified atom stereocenters. The van der Waals surface area contributed by atoms with Crippen LogP contribution in [0.15, 0.2) is 60.7 Å². The van der Waals surface area contributed by atoms with Crippen LogP contribution >= 0.6 is 0 Å². The largest absolute Gasteiger partial charge is 0.467 e. The van der Waals surface area contributed by atoms with Crippen molar-refractivity contribution in [3.63, 3.8) is 0 Å². The number of aliphatic hydroxyl groups is 2. The van der Waals surface area contributed by atoms with Crippen LogP contribution in [0, 0.1) is 10.8 Å². The second-order valence-electron chi connectivity index (χ2n) is 13.7. The van der Waals surface area contributed by atoms with Crippen molar-refractivity contribution in [2.75, 3.05) is 60.8 Å². The molecule has 10 heteroatoms. The fourth-order valence-electron chi connectivity index (χ4n) is 5.76. The van der Waals surface area contributed by atoms with Crippen molar-refractivity contribution >= 4 is 0 Å². The number of benzene rings is 3. The van der Waals surface area contributed by atoms with Crippen LogP contribution in [-0.2, 0) is 40.4 Å². The van der Waals surface area contributed by atoms with E-state index >= 15 is 0 Å². The highest BCUT2D eigenvalue weighted by Crippen LogP contribution is 2.47. The molecule has 0 amide bonds.